The summed E-state index contributed by atoms with van der Waals surface area (Å²) in [5.41, 5.74) is 4.07. The Morgan fingerprint density at radius 3 is 2.38 bits per heavy atom. The van der Waals surface area contributed by atoms with Crippen molar-refractivity contribution in [2.45, 2.75) is 33.2 Å². The summed E-state index contributed by atoms with van der Waals surface area (Å²) in [6, 6.07) is 13.0. The van der Waals surface area contributed by atoms with Crippen LogP contribution < -0.4 is 10.6 Å². The maximum absolute atomic E-state index is 13.1. The van der Waals surface area contributed by atoms with Crippen molar-refractivity contribution in [3.8, 4) is 5.69 Å². The van der Waals surface area contributed by atoms with Crippen LogP contribution in [0.25, 0.3) is 5.69 Å². The molecule has 0 saturated carbocycles. The van der Waals surface area contributed by atoms with Crippen LogP contribution in [0.3, 0.4) is 0 Å². The first-order valence-electron chi connectivity index (χ1n) is 9.30. The zero-order chi connectivity index (χ0) is 21.0. The van der Waals surface area contributed by atoms with Gasteiger partial charge in [0.25, 0.3) is 0 Å². The van der Waals surface area contributed by atoms with Crippen LogP contribution in [0.4, 0.5) is 10.1 Å². The summed E-state index contributed by atoms with van der Waals surface area (Å²) in [4.78, 5) is 23.5. The van der Waals surface area contributed by atoms with Gasteiger partial charge in [0.15, 0.2) is 0 Å². The van der Waals surface area contributed by atoms with Crippen LogP contribution in [0.2, 0.25) is 0 Å². The van der Waals surface area contributed by atoms with Crippen LogP contribution in [0.1, 0.15) is 36.7 Å². The lowest BCUT2D eigenvalue weighted by Gasteiger charge is -2.14. The van der Waals surface area contributed by atoms with E-state index in [9.17, 15) is 14.0 Å². The molecule has 1 atom stereocenters. The SMILES string of the molecule is CC(=O)Nc1ccc(CC(=O)NC(C)c2cnn(-c3ccc(F)cc3)c2C)cc1. The lowest BCUT2D eigenvalue weighted by Crippen LogP contribution is -2.28. The predicted octanol–water partition coefficient (Wildman–Crippen LogP) is 3.70. The van der Waals surface area contributed by atoms with Crippen molar-refractivity contribution >= 4 is 17.5 Å². The van der Waals surface area contributed by atoms with Gasteiger partial charge >= 0.3 is 0 Å². The lowest BCUT2D eigenvalue weighted by molar-refractivity contribution is -0.121. The number of hydrogen-bond donors (Lipinski definition) is 2. The Morgan fingerprint density at radius 1 is 1.10 bits per heavy atom. The standard InChI is InChI=1S/C22H23FN4O2/c1-14(21-13-24-27(15(21)2)20-10-6-18(23)7-11-20)25-22(29)12-17-4-8-19(9-5-17)26-16(3)28/h4-11,13-14H,12H2,1-3H3,(H,25,29)(H,26,28). The summed E-state index contributed by atoms with van der Waals surface area (Å²) in [7, 11) is 0. The average molecular weight is 394 g/mol. The topological polar surface area (TPSA) is 76.0 Å². The highest BCUT2D eigenvalue weighted by Gasteiger charge is 2.16. The molecule has 0 fully saturated rings. The minimum Gasteiger partial charge on any atom is -0.349 e. The van der Waals surface area contributed by atoms with Gasteiger partial charge in [-0.05, 0) is 55.8 Å². The van der Waals surface area contributed by atoms with Crippen molar-refractivity contribution in [1.82, 2.24) is 15.1 Å². The first-order valence-corrected chi connectivity index (χ1v) is 9.30. The van der Waals surface area contributed by atoms with Crippen molar-refractivity contribution in [2.75, 3.05) is 5.32 Å². The Labute approximate surface area is 168 Å². The predicted molar refractivity (Wildman–Crippen MR) is 109 cm³/mol. The maximum Gasteiger partial charge on any atom is 0.224 e. The van der Waals surface area contributed by atoms with E-state index in [0.717, 1.165) is 22.5 Å². The first-order chi connectivity index (χ1) is 13.8. The summed E-state index contributed by atoms with van der Waals surface area (Å²) in [6.07, 6.45) is 1.95. The van der Waals surface area contributed by atoms with E-state index in [1.165, 1.54) is 19.1 Å². The third kappa shape index (κ3) is 5.07. The largest absolute Gasteiger partial charge is 0.349 e. The van der Waals surface area contributed by atoms with Gasteiger partial charge in [0.2, 0.25) is 11.8 Å². The van der Waals surface area contributed by atoms with Crippen LogP contribution in [0.5, 0.6) is 0 Å². The zero-order valence-corrected chi connectivity index (χ0v) is 16.6. The smallest absolute Gasteiger partial charge is 0.224 e. The second-order valence-corrected chi connectivity index (χ2v) is 6.92. The molecule has 3 rings (SSSR count). The molecule has 0 radical (unpaired) electrons. The number of nitrogens with zero attached hydrogens (tertiary/aromatic N) is 2. The maximum atomic E-state index is 13.1. The van der Waals surface area contributed by atoms with Crippen LogP contribution in [0.15, 0.2) is 54.7 Å². The number of halogens is 1. The van der Waals surface area contributed by atoms with Gasteiger partial charge in [-0.2, -0.15) is 5.10 Å². The molecule has 7 heteroatoms. The number of hydrogen-bond acceptors (Lipinski definition) is 3. The highest BCUT2D eigenvalue weighted by atomic mass is 19.1. The molecule has 3 aromatic rings. The first kappa shape index (κ1) is 20.3. The summed E-state index contributed by atoms with van der Waals surface area (Å²) < 4.78 is 14.9. The van der Waals surface area contributed by atoms with E-state index in [2.05, 4.69) is 15.7 Å². The molecule has 2 N–H and O–H groups in total. The van der Waals surface area contributed by atoms with E-state index in [4.69, 9.17) is 0 Å². The van der Waals surface area contributed by atoms with Gasteiger partial charge in [-0.25, -0.2) is 9.07 Å². The second kappa shape index (κ2) is 8.68. The van der Waals surface area contributed by atoms with E-state index < -0.39 is 0 Å². The number of amides is 2. The number of benzene rings is 2. The molecule has 0 bridgehead atoms. The van der Waals surface area contributed by atoms with Crippen molar-refractivity contribution in [3.05, 3.63) is 77.4 Å². The Morgan fingerprint density at radius 2 is 1.76 bits per heavy atom. The summed E-state index contributed by atoms with van der Waals surface area (Å²) in [5.74, 6) is -0.552. The Bertz CT molecular complexity index is 1010. The van der Waals surface area contributed by atoms with Crippen molar-refractivity contribution in [2.24, 2.45) is 0 Å². The summed E-state index contributed by atoms with van der Waals surface area (Å²) >= 11 is 0. The highest BCUT2D eigenvalue weighted by Crippen LogP contribution is 2.20. The number of carbonyl (C=O) groups excluding carboxylic acids is 2. The van der Waals surface area contributed by atoms with Crippen molar-refractivity contribution in [1.29, 1.82) is 0 Å². The minimum absolute atomic E-state index is 0.112. The van der Waals surface area contributed by atoms with Gasteiger partial charge in [0.05, 0.1) is 24.3 Å². The van der Waals surface area contributed by atoms with Gasteiger partial charge in [-0.15, -0.1) is 0 Å². The molecule has 1 heterocycles. The van der Waals surface area contributed by atoms with Gasteiger partial charge in [-0.1, -0.05) is 12.1 Å². The van der Waals surface area contributed by atoms with Gasteiger partial charge < -0.3 is 10.6 Å². The minimum atomic E-state index is -0.301. The van der Waals surface area contributed by atoms with E-state index >= 15 is 0 Å². The van der Waals surface area contributed by atoms with Crippen LogP contribution >= 0.6 is 0 Å². The molecule has 1 unspecified atom stereocenters. The molecule has 0 saturated heterocycles. The van der Waals surface area contributed by atoms with Gasteiger partial charge in [-0.3, -0.25) is 9.59 Å². The third-order valence-electron chi connectivity index (χ3n) is 4.60. The van der Waals surface area contributed by atoms with Gasteiger partial charge in [0.1, 0.15) is 5.82 Å². The average Bonchev–Trinajstić information content (AvgIpc) is 3.05. The third-order valence-corrected chi connectivity index (χ3v) is 4.60. The normalized spacial score (nSPS) is 11.7. The van der Waals surface area contributed by atoms with E-state index in [0.29, 0.717) is 5.69 Å². The fourth-order valence-corrected chi connectivity index (χ4v) is 3.15. The highest BCUT2D eigenvalue weighted by molar-refractivity contribution is 5.88. The van der Waals surface area contributed by atoms with Crippen LogP contribution in [-0.2, 0) is 16.0 Å². The number of aromatic nitrogens is 2. The van der Waals surface area contributed by atoms with E-state index in [1.807, 2.05) is 26.0 Å². The molecule has 2 aromatic carbocycles. The molecule has 2 amide bonds. The van der Waals surface area contributed by atoms with E-state index in [1.54, 1.807) is 35.1 Å². The second-order valence-electron chi connectivity index (χ2n) is 6.92. The lowest BCUT2D eigenvalue weighted by atomic mass is 10.1. The van der Waals surface area contributed by atoms with Gasteiger partial charge in [0, 0.05) is 23.9 Å². The van der Waals surface area contributed by atoms with Crippen LogP contribution in [0, 0.1) is 12.7 Å². The quantitative estimate of drug-likeness (QED) is 0.669. The molecule has 0 aliphatic carbocycles. The fraction of sp³-hybridized carbons (Fsp3) is 0.227. The Kier molecular flexibility index (Phi) is 6.07. The number of rotatable bonds is 6. The molecular formula is C22H23FN4O2. The molecule has 29 heavy (non-hydrogen) atoms. The van der Waals surface area contributed by atoms with Crippen molar-refractivity contribution in [3.63, 3.8) is 0 Å². The molecule has 0 spiro atoms. The molecule has 150 valence electrons. The molecule has 6 nitrogen and oxygen atoms in total. The zero-order valence-electron chi connectivity index (χ0n) is 16.6. The molecular weight excluding hydrogens is 371 g/mol. The number of carbonyl (C=O) groups is 2. The fourth-order valence-electron chi connectivity index (χ4n) is 3.15. The Balaban J connectivity index is 1.64. The monoisotopic (exact) mass is 394 g/mol. The van der Waals surface area contributed by atoms with Crippen molar-refractivity contribution < 1.29 is 14.0 Å². The molecule has 0 aliphatic rings. The molecule has 1 aromatic heterocycles. The Hall–Kier alpha value is -3.48. The number of anilines is 1. The summed E-state index contributed by atoms with van der Waals surface area (Å²) in [6.45, 7) is 5.26. The molecule has 0 aliphatic heterocycles. The number of nitrogens with one attached hydrogen (secondary N) is 2. The summed E-state index contributed by atoms with van der Waals surface area (Å²) in [5, 5.41) is 10.0. The van der Waals surface area contributed by atoms with Crippen LogP contribution in [-0.4, -0.2) is 21.6 Å². The van der Waals surface area contributed by atoms with E-state index in [-0.39, 0.29) is 30.1 Å².